The predicted molar refractivity (Wildman–Crippen MR) is 97.0 cm³/mol. The fraction of sp³-hybridized carbons (Fsp3) is 0.579. The van der Waals surface area contributed by atoms with E-state index in [1.165, 1.54) is 0 Å². The van der Waals surface area contributed by atoms with E-state index in [9.17, 15) is 9.59 Å². The minimum atomic E-state index is -0.501. The van der Waals surface area contributed by atoms with Crippen LogP contribution in [-0.4, -0.2) is 24.8 Å². The molecule has 0 saturated heterocycles. The minimum absolute atomic E-state index is 0.105. The van der Waals surface area contributed by atoms with Gasteiger partial charge in [0.05, 0.1) is 6.04 Å². The van der Waals surface area contributed by atoms with E-state index in [2.05, 4.69) is 19.2 Å². The van der Waals surface area contributed by atoms with Crippen LogP contribution in [0.1, 0.15) is 45.1 Å². The second kappa shape index (κ2) is 8.13. The Kier molecular flexibility index (Phi) is 6.41. The van der Waals surface area contributed by atoms with Gasteiger partial charge in [0, 0.05) is 22.9 Å². The average molecular weight is 351 g/mol. The van der Waals surface area contributed by atoms with Crippen LogP contribution in [0.4, 0.5) is 0 Å². The fourth-order valence-electron chi connectivity index (χ4n) is 3.28. The molecule has 0 aromatic heterocycles. The molecule has 0 radical (unpaired) electrons. The van der Waals surface area contributed by atoms with Crippen LogP contribution >= 0.6 is 11.6 Å². The molecule has 0 spiro atoms. The third kappa shape index (κ3) is 4.81. The van der Waals surface area contributed by atoms with Crippen LogP contribution < -0.4 is 11.1 Å². The second-order valence-electron chi connectivity index (χ2n) is 7.45. The van der Waals surface area contributed by atoms with Crippen molar-refractivity contribution in [3.8, 4) is 0 Å². The van der Waals surface area contributed by atoms with Crippen molar-refractivity contribution in [3.05, 3.63) is 34.9 Å². The van der Waals surface area contributed by atoms with Crippen molar-refractivity contribution in [1.82, 2.24) is 5.32 Å². The van der Waals surface area contributed by atoms with Crippen LogP contribution in [0.25, 0.3) is 0 Å². The number of halogens is 1. The maximum Gasteiger partial charge on any atom is 0.237 e. The number of hydrogen-bond donors (Lipinski definition) is 2. The van der Waals surface area contributed by atoms with Crippen molar-refractivity contribution in [2.24, 2.45) is 17.6 Å². The van der Waals surface area contributed by atoms with Gasteiger partial charge in [0.15, 0.2) is 0 Å². The first kappa shape index (κ1) is 18.9. The highest BCUT2D eigenvalue weighted by molar-refractivity contribution is 6.30. The molecule has 4 nitrogen and oxygen atoms in total. The van der Waals surface area contributed by atoms with Crippen molar-refractivity contribution in [2.45, 2.75) is 51.0 Å². The first-order chi connectivity index (χ1) is 11.3. The summed E-state index contributed by atoms with van der Waals surface area (Å²) in [5, 5.41) is 3.69. The topological polar surface area (TPSA) is 72.2 Å². The van der Waals surface area contributed by atoms with Crippen molar-refractivity contribution >= 4 is 23.8 Å². The molecule has 1 unspecified atom stereocenters. The highest BCUT2D eigenvalue weighted by Gasteiger charge is 2.30. The van der Waals surface area contributed by atoms with E-state index < -0.39 is 6.04 Å². The largest absolute Gasteiger partial charge is 0.354 e. The van der Waals surface area contributed by atoms with Crippen LogP contribution in [0.3, 0.4) is 0 Å². The van der Waals surface area contributed by atoms with Crippen LogP contribution in [0.15, 0.2) is 24.3 Å². The predicted octanol–water partition coefficient (Wildman–Crippen LogP) is 3.07. The lowest BCUT2D eigenvalue weighted by atomic mass is 9.79. The van der Waals surface area contributed by atoms with Gasteiger partial charge >= 0.3 is 0 Å². The molecule has 1 saturated carbocycles. The van der Waals surface area contributed by atoms with E-state index >= 15 is 0 Å². The van der Waals surface area contributed by atoms with Crippen molar-refractivity contribution in [3.63, 3.8) is 0 Å². The Balaban J connectivity index is 1.87. The van der Waals surface area contributed by atoms with E-state index in [1.54, 1.807) is 0 Å². The number of carbonyl (C=O) groups excluding carboxylic acids is 2. The van der Waals surface area contributed by atoms with E-state index in [-0.39, 0.29) is 23.2 Å². The summed E-state index contributed by atoms with van der Waals surface area (Å²) in [5.74, 6) is 0.201. The second-order valence-corrected chi connectivity index (χ2v) is 7.88. The van der Waals surface area contributed by atoms with Crippen molar-refractivity contribution < 1.29 is 9.59 Å². The lowest BCUT2D eigenvalue weighted by molar-refractivity contribution is -0.124. The first-order valence-corrected chi connectivity index (χ1v) is 8.96. The summed E-state index contributed by atoms with van der Waals surface area (Å²) >= 11 is 5.93. The Morgan fingerprint density at radius 3 is 2.42 bits per heavy atom. The van der Waals surface area contributed by atoms with Crippen LogP contribution in [0.2, 0.25) is 5.02 Å². The van der Waals surface area contributed by atoms with E-state index in [1.807, 2.05) is 24.3 Å². The van der Waals surface area contributed by atoms with Gasteiger partial charge in [-0.05, 0) is 49.3 Å². The van der Waals surface area contributed by atoms with Gasteiger partial charge in [0.25, 0.3) is 0 Å². The molecule has 24 heavy (non-hydrogen) atoms. The molecule has 3 N–H and O–H groups in total. The Labute approximate surface area is 149 Å². The molecule has 1 amide bonds. The van der Waals surface area contributed by atoms with Gasteiger partial charge < -0.3 is 15.8 Å². The van der Waals surface area contributed by atoms with Gasteiger partial charge in [-0.15, -0.1) is 0 Å². The summed E-state index contributed by atoms with van der Waals surface area (Å²) in [6.07, 6.45) is 4.39. The smallest absolute Gasteiger partial charge is 0.237 e. The zero-order chi connectivity index (χ0) is 17.7. The first-order valence-electron chi connectivity index (χ1n) is 8.58. The molecule has 1 fully saturated rings. The van der Waals surface area contributed by atoms with E-state index in [0.717, 1.165) is 37.5 Å². The molecule has 1 aromatic carbocycles. The summed E-state index contributed by atoms with van der Waals surface area (Å²) in [6.45, 7) is 4.68. The standard InChI is InChI=1S/C19H27ClN2O2/c1-19(2,15-7-9-16(20)10-8-15)12-22-18(24)17(21)14-5-3-13(11-23)4-6-14/h7-11,13-14,17H,3-6,12,21H2,1-2H3,(H,22,24). The summed E-state index contributed by atoms with van der Waals surface area (Å²) in [6, 6.07) is 7.18. The number of nitrogens with two attached hydrogens (primary N) is 1. The molecule has 0 bridgehead atoms. The number of nitrogens with one attached hydrogen (secondary N) is 1. The average Bonchev–Trinajstić information content (AvgIpc) is 2.59. The third-order valence-corrected chi connectivity index (χ3v) is 5.40. The number of hydrogen-bond acceptors (Lipinski definition) is 3. The van der Waals surface area contributed by atoms with Gasteiger partial charge in [0.1, 0.15) is 6.29 Å². The Morgan fingerprint density at radius 2 is 1.88 bits per heavy atom. The molecule has 0 aliphatic heterocycles. The maximum atomic E-state index is 12.4. The SMILES string of the molecule is CC(C)(CNC(=O)C(N)C1CCC(C=O)CC1)c1ccc(Cl)cc1. The van der Waals surface area contributed by atoms with Crippen LogP contribution in [0, 0.1) is 11.8 Å². The molecule has 1 aliphatic rings. The third-order valence-electron chi connectivity index (χ3n) is 5.15. The number of rotatable bonds is 6. The monoisotopic (exact) mass is 350 g/mol. The number of aldehydes is 1. The van der Waals surface area contributed by atoms with Gasteiger partial charge in [0.2, 0.25) is 5.91 Å². The Hall–Kier alpha value is -1.39. The van der Waals surface area contributed by atoms with Crippen LogP contribution in [0.5, 0.6) is 0 Å². The van der Waals surface area contributed by atoms with Crippen LogP contribution in [-0.2, 0) is 15.0 Å². The molecule has 1 aromatic rings. The lowest BCUT2D eigenvalue weighted by Gasteiger charge is -2.31. The summed E-state index contributed by atoms with van der Waals surface area (Å²) in [7, 11) is 0. The maximum absolute atomic E-state index is 12.4. The fourth-order valence-corrected chi connectivity index (χ4v) is 3.41. The lowest BCUT2D eigenvalue weighted by Crippen LogP contribution is -2.49. The summed E-state index contributed by atoms with van der Waals surface area (Å²) < 4.78 is 0. The number of benzene rings is 1. The van der Waals surface area contributed by atoms with Gasteiger partial charge in [-0.25, -0.2) is 0 Å². The van der Waals surface area contributed by atoms with E-state index in [4.69, 9.17) is 17.3 Å². The molecule has 0 heterocycles. The van der Waals surface area contributed by atoms with Gasteiger partial charge in [-0.3, -0.25) is 4.79 Å². The highest BCUT2D eigenvalue weighted by Crippen LogP contribution is 2.29. The van der Waals surface area contributed by atoms with Crippen molar-refractivity contribution in [1.29, 1.82) is 0 Å². The zero-order valence-electron chi connectivity index (χ0n) is 14.4. The Bertz CT molecular complexity index is 563. The van der Waals surface area contributed by atoms with Crippen molar-refractivity contribution in [2.75, 3.05) is 6.54 Å². The quantitative estimate of drug-likeness (QED) is 0.774. The molecular formula is C19H27ClN2O2. The molecule has 5 heteroatoms. The molecular weight excluding hydrogens is 324 g/mol. The molecule has 1 atom stereocenters. The summed E-state index contributed by atoms with van der Waals surface area (Å²) in [4.78, 5) is 23.2. The highest BCUT2D eigenvalue weighted by atomic mass is 35.5. The minimum Gasteiger partial charge on any atom is -0.354 e. The number of amides is 1. The number of carbonyl (C=O) groups is 2. The van der Waals surface area contributed by atoms with E-state index in [0.29, 0.717) is 11.6 Å². The molecule has 1 aliphatic carbocycles. The molecule has 2 rings (SSSR count). The summed E-state index contributed by atoms with van der Waals surface area (Å²) in [5.41, 5.74) is 7.07. The molecule has 132 valence electrons. The Morgan fingerprint density at radius 1 is 1.29 bits per heavy atom. The normalized spacial score (nSPS) is 22.7. The zero-order valence-corrected chi connectivity index (χ0v) is 15.2. The van der Waals surface area contributed by atoms with Gasteiger partial charge in [-0.1, -0.05) is 37.6 Å². The van der Waals surface area contributed by atoms with Gasteiger partial charge in [-0.2, -0.15) is 0 Å².